The summed E-state index contributed by atoms with van der Waals surface area (Å²) in [7, 11) is 1.15. The van der Waals surface area contributed by atoms with Gasteiger partial charge < -0.3 is 20.1 Å². The van der Waals surface area contributed by atoms with Gasteiger partial charge in [-0.25, -0.2) is 9.78 Å². The first kappa shape index (κ1) is 14.3. The first-order chi connectivity index (χ1) is 8.16. The first-order valence-corrected chi connectivity index (χ1v) is 4.90. The van der Waals surface area contributed by atoms with Crippen molar-refractivity contribution in [1.29, 1.82) is 0 Å². The molecule has 3 N–H and O–H groups in total. The summed E-state index contributed by atoms with van der Waals surface area (Å²) < 4.78 is 43.8. The number of anilines is 1. The highest BCUT2D eigenvalue weighted by Crippen LogP contribution is 2.40. The van der Waals surface area contributed by atoms with E-state index >= 15 is 0 Å². The minimum absolute atomic E-state index is 0.267. The van der Waals surface area contributed by atoms with Gasteiger partial charge in [0.2, 0.25) is 0 Å². The number of carbonyl (C=O) groups excluding carboxylic acids is 1. The molecule has 1 aromatic heterocycles. The monoisotopic (exact) mass is 267 g/mol. The molecule has 0 aromatic carbocycles. The fraction of sp³-hybridized carbons (Fsp3) is 0.556. The summed E-state index contributed by atoms with van der Waals surface area (Å²) in [5.74, 6) is -2.09. The fourth-order valence-corrected chi connectivity index (χ4v) is 1.36. The highest BCUT2D eigenvalue weighted by Gasteiger charge is 2.64. The van der Waals surface area contributed by atoms with Gasteiger partial charge in [0.15, 0.2) is 5.95 Å². The standard InChI is InChI=1S/C9H12F3N3O3/c1-3-18-6(16)8(17,9(10,11)12)5-4-14-7(13)15(5)2/h4,17H,3H2,1-2H3,(H2,13,14). The second-order valence-corrected chi connectivity index (χ2v) is 3.49. The summed E-state index contributed by atoms with van der Waals surface area (Å²) in [6.07, 6.45) is -4.57. The molecule has 6 nitrogen and oxygen atoms in total. The Labute approximate surface area is 100 Å². The van der Waals surface area contributed by atoms with Gasteiger partial charge in [-0.3, -0.25) is 0 Å². The molecule has 0 saturated carbocycles. The summed E-state index contributed by atoms with van der Waals surface area (Å²) in [5.41, 5.74) is 0.687. The molecule has 18 heavy (non-hydrogen) atoms. The number of alkyl halides is 3. The van der Waals surface area contributed by atoms with Crippen molar-refractivity contribution in [2.45, 2.75) is 18.7 Å². The summed E-state index contributed by atoms with van der Waals surface area (Å²) in [5, 5.41) is 9.70. The Bertz CT molecular complexity index is 458. The summed E-state index contributed by atoms with van der Waals surface area (Å²) in [6.45, 7) is 1.02. The molecular weight excluding hydrogens is 255 g/mol. The van der Waals surface area contributed by atoms with E-state index in [4.69, 9.17) is 5.73 Å². The van der Waals surface area contributed by atoms with Gasteiger partial charge in [0, 0.05) is 7.05 Å². The molecule has 1 aromatic rings. The number of nitrogen functional groups attached to an aromatic ring is 1. The molecule has 1 atom stereocenters. The molecule has 0 fully saturated rings. The zero-order chi connectivity index (χ0) is 14.1. The lowest BCUT2D eigenvalue weighted by Crippen LogP contribution is -2.51. The molecule has 0 aliphatic rings. The maximum absolute atomic E-state index is 12.9. The van der Waals surface area contributed by atoms with Gasteiger partial charge in [0.25, 0.3) is 0 Å². The molecule has 1 rings (SSSR count). The number of carbonyl (C=O) groups is 1. The number of rotatable bonds is 3. The van der Waals surface area contributed by atoms with E-state index in [9.17, 15) is 23.1 Å². The topological polar surface area (TPSA) is 90.4 Å². The lowest BCUT2D eigenvalue weighted by molar-refractivity contribution is -0.269. The third-order valence-electron chi connectivity index (χ3n) is 2.38. The molecule has 0 bridgehead atoms. The van der Waals surface area contributed by atoms with Crippen molar-refractivity contribution in [2.75, 3.05) is 12.3 Å². The van der Waals surface area contributed by atoms with Crippen molar-refractivity contribution in [3.05, 3.63) is 11.9 Å². The Morgan fingerprint density at radius 2 is 2.17 bits per heavy atom. The highest BCUT2D eigenvalue weighted by molar-refractivity contribution is 5.81. The van der Waals surface area contributed by atoms with E-state index in [2.05, 4.69) is 9.72 Å². The molecule has 0 aliphatic carbocycles. The number of halogens is 3. The summed E-state index contributed by atoms with van der Waals surface area (Å²) >= 11 is 0. The average molecular weight is 267 g/mol. The molecule has 0 radical (unpaired) electrons. The number of nitrogens with zero attached hydrogens (tertiary/aromatic N) is 2. The zero-order valence-corrected chi connectivity index (χ0v) is 9.65. The number of imidazole rings is 1. The van der Waals surface area contributed by atoms with Gasteiger partial charge in [-0.05, 0) is 6.92 Å². The van der Waals surface area contributed by atoms with Crippen LogP contribution in [0.4, 0.5) is 19.1 Å². The molecule has 0 saturated heterocycles. The minimum Gasteiger partial charge on any atom is -0.463 e. The molecular formula is C9H12F3N3O3. The minimum atomic E-state index is -5.25. The Morgan fingerprint density at radius 3 is 2.50 bits per heavy atom. The third-order valence-corrected chi connectivity index (χ3v) is 2.38. The number of aliphatic hydroxyl groups is 1. The van der Waals surface area contributed by atoms with Crippen LogP contribution in [-0.2, 0) is 22.2 Å². The number of hydrogen-bond donors (Lipinski definition) is 2. The number of aromatic nitrogens is 2. The number of esters is 1. The van der Waals surface area contributed by atoms with E-state index in [1.165, 1.54) is 6.92 Å². The number of hydrogen-bond acceptors (Lipinski definition) is 5. The maximum atomic E-state index is 12.9. The SMILES string of the molecule is CCOC(=O)C(O)(c1cnc(N)n1C)C(F)(F)F. The second kappa shape index (κ2) is 4.48. The quantitative estimate of drug-likeness (QED) is 0.769. The van der Waals surface area contributed by atoms with Crippen LogP contribution in [0.15, 0.2) is 6.20 Å². The van der Waals surface area contributed by atoms with Crippen molar-refractivity contribution in [3.8, 4) is 0 Å². The van der Waals surface area contributed by atoms with Crippen LogP contribution in [0.25, 0.3) is 0 Å². The summed E-state index contributed by atoms with van der Waals surface area (Å²) in [6, 6.07) is 0. The molecule has 1 heterocycles. The smallest absolute Gasteiger partial charge is 0.434 e. The lowest BCUT2D eigenvalue weighted by atomic mass is 9.99. The number of nitrogens with two attached hydrogens (primary N) is 1. The molecule has 9 heteroatoms. The zero-order valence-electron chi connectivity index (χ0n) is 9.65. The molecule has 0 aliphatic heterocycles. The van der Waals surface area contributed by atoms with E-state index in [1.54, 1.807) is 0 Å². The molecule has 102 valence electrons. The van der Waals surface area contributed by atoms with Crippen LogP contribution in [0, 0.1) is 0 Å². The van der Waals surface area contributed by atoms with E-state index in [0.717, 1.165) is 11.6 Å². The van der Waals surface area contributed by atoms with Crippen LogP contribution in [0.2, 0.25) is 0 Å². The number of ether oxygens (including phenoxy) is 1. The predicted octanol–water partition coefficient (Wildman–Crippen LogP) is 0.315. The van der Waals surface area contributed by atoms with E-state index in [0.29, 0.717) is 6.20 Å². The Kier molecular flexibility index (Phi) is 3.56. The molecule has 1 unspecified atom stereocenters. The van der Waals surface area contributed by atoms with E-state index < -0.39 is 23.4 Å². The third kappa shape index (κ3) is 2.01. The predicted molar refractivity (Wildman–Crippen MR) is 54.2 cm³/mol. The van der Waals surface area contributed by atoms with Gasteiger partial charge in [-0.2, -0.15) is 13.2 Å². The van der Waals surface area contributed by atoms with Crippen molar-refractivity contribution in [2.24, 2.45) is 7.05 Å². The van der Waals surface area contributed by atoms with Crippen molar-refractivity contribution in [1.82, 2.24) is 9.55 Å². The van der Waals surface area contributed by atoms with Crippen LogP contribution >= 0.6 is 0 Å². The highest BCUT2D eigenvalue weighted by atomic mass is 19.4. The Balaban J connectivity index is 3.39. The first-order valence-electron chi connectivity index (χ1n) is 4.90. The van der Waals surface area contributed by atoms with Crippen molar-refractivity contribution >= 4 is 11.9 Å². The Morgan fingerprint density at radius 1 is 1.61 bits per heavy atom. The lowest BCUT2D eigenvalue weighted by Gasteiger charge is -2.28. The van der Waals surface area contributed by atoms with E-state index in [1.807, 2.05) is 0 Å². The Hall–Kier alpha value is -1.77. The van der Waals surface area contributed by atoms with Gasteiger partial charge in [-0.15, -0.1) is 0 Å². The summed E-state index contributed by atoms with van der Waals surface area (Å²) in [4.78, 5) is 14.8. The van der Waals surface area contributed by atoms with Crippen LogP contribution in [-0.4, -0.2) is 33.4 Å². The van der Waals surface area contributed by atoms with Gasteiger partial charge in [0.1, 0.15) is 0 Å². The second-order valence-electron chi connectivity index (χ2n) is 3.49. The normalized spacial score (nSPS) is 15.2. The van der Waals surface area contributed by atoms with Crippen LogP contribution < -0.4 is 5.73 Å². The fourth-order valence-electron chi connectivity index (χ4n) is 1.36. The van der Waals surface area contributed by atoms with Crippen molar-refractivity contribution < 1.29 is 27.8 Å². The molecule has 0 amide bonds. The van der Waals surface area contributed by atoms with E-state index in [-0.39, 0.29) is 12.6 Å². The van der Waals surface area contributed by atoms with Crippen LogP contribution in [0.5, 0.6) is 0 Å². The van der Waals surface area contributed by atoms with Gasteiger partial charge >= 0.3 is 17.7 Å². The maximum Gasteiger partial charge on any atom is 0.434 e. The van der Waals surface area contributed by atoms with Gasteiger partial charge in [-0.1, -0.05) is 0 Å². The van der Waals surface area contributed by atoms with Crippen LogP contribution in [0.3, 0.4) is 0 Å². The largest absolute Gasteiger partial charge is 0.463 e. The van der Waals surface area contributed by atoms with Crippen molar-refractivity contribution in [3.63, 3.8) is 0 Å². The average Bonchev–Trinajstić information content (AvgIpc) is 2.57. The van der Waals surface area contributed by atoms with Crippen LogP contribution in [0.1, 0.15) is 12.6 Å². The van der Waals surface area contributed by atoms with Gasteiger partial charge in [0.05, 0.1) is 18.5 Å². The molecule has 0 spiro atoms.